The Balaban J connectivity index is 1.28. The Morgan fingerprint density at radius 2 is 1.62 bits per heavy atom. The van der Waals surface area contributed by atoms with Gasteiger partial charge in [-0.2, -0.15) is 0 Å². The third-order valence-corrected chi connectivity index (χ3v) is 8.21. The number of methoxy groups -OCH3 is 2. The number of rotatable bonds is 13. The molecule has 0 fully saturated rings. The van der Waals surface area contributed by atoms with Crippen LogP contribution in [0.15, 0.2) is 71.9 Å². The van der Waals surface area contributed by atoms with Crippen molar-refractivity contribution in [2.45, 2.75) is 23.8 Å². The number of likely N-dealkylation sites (N-methyl/N-ethyl adjacent to an activating group) is 1. The summed E-state index contributed by atoms with van der Waals surface area (Å²) < 4.78 is 10.7. The third kappa shape index (κ3) is 8.91. The summed E-state index contributed by atoms with van der Waals surface area (Å²) >= 11 is 20.0. The van der Waals surface area contributed by atoms with Crippen LogP contribution in [0, 0.1) is 0 Å². The van der Waals surface area contributed by atoms with E-state index in [0.717, 1.165) is 35.5 Å². The molecule has 0 spiro atoms. The van der Waals surface area contributed by atoms with E-state index in [9.17, 15) is 4.79 Å². The Morgan fingerprint density at radius 1 is 0.881 bits per heavy atom. The average molecular weight is 646 g/mol. The first kappa shape index (κ1) is 31.8. The standard InChI is InChI=1S/C31H31Cl3N4O3S/c1-38(15-13-20-6-11-26(40-2)27(16-20)41-3)29-18-28(34)36-31(37-29)42-19-21-4-7-23(8-5-21)30(39)35-14-12-22-9-10-24(32)17-25(22)33/h4-11,16-18H,12-15,19H2,1-3H3,(H,35,39). The molecule has 1 heterocycles. The number of nitrogens with one attached hydrogen (secondary N) is 1. The second kappa shape index (κ2) is 15.3. The largest absolute Gasteiger partial charge is 0.493 e. The van der Waals surface area contributed by atoms with Crippen molar-refractivity contribution in [2.24, 2.45) is 0 Å². The summed E-state index contributed by atoms with van der Waals surface area (Å²) in [6, 6.07) is 20.5. The van der Waals surface area contributed by atoms with Gasteiger partial charge in [-0.15, -0.1) is 0 Å². The van der Waals surface area contributed by atoms with E-state index in [-0.39, 0.29) is 5.91 Å². The number of carbonyl (C=O) groups is 1. The first-order chi connectivity index (χ1) is 20.2. The van der Waals surface area contributed by atoms with Crippen LogP contribution in [0.3, 0.4) is 0 Å². The Labute approximate surface area is 265 Å². The van der Waals surface area contributed by atoms with Crippen molar-refractivity contribution < 1.29 is 14.3 Å². The minimum Gasteiger partial charge on any atom is -0.493 e. The molecule has 0 saturated heterocycles. The van der Waals surface area contributed by atoms with E-state index in [1.54, 1.807) is 32.4 Å². The summed E-state index contributed by atoms with van der Waals surface area (Å²) in [4.78, 5) is 23.7. The summed E-state index contributed by atoms with van der Waals surface area (Å²) in [5.74, 6) is 2.64. The van der Waals surface area contributed by atoms with Crippen LogP contribution in [0.2, 0.25) is 15.2 Å². The van der Waals surface area contributed by atoms with Crippen molar-refractivity contribution in [1.29, 1.82) is 0 Å². The molecular formula is C31H31Cl3N4O3S. The van der Waals surface area contributed by atoms with Crippen molar-refractivity contribution in [2.75, 3.05) is 39.3 Å². The quantitative estimate of drug-likeness (QED) is 0.0923. The average Bonchev–Trinajstić information content (AvgIpc) is 2.99. The minimum absolute atomic E-state index is 0.141. The zero-order chi connectivity index (χ0) is 30.1. The van der Waals surface area contributed by atoms with Crippen molar-refractivity contribution >= 4 is 58.3 Å². The first-order valence-corrected chi connectivity index (χ1v) is 15.3. The zero-order valence-electron chi connectivity index (χ0n) is 23.5. The Morgan fingerprint density at radius 3 is 2.33 bits per heavy atom. The lowest BCUT2D eigenvalue weighted by Gasteiger charge is -2.19. The number of thioether (sulfide) groups is 1. The molecule has 1 amide bonds. The van der Waals surface area contributed by atoms with Crippen molar-refractivity contribution in [3.63, 3.8) is 0 Å². The molecule has 3 aromatic carbocycles. The lowest BCUT2D eigenvalue weighted by molar-refractivity contribution is 0.0954. The van der Waals surface area contributed by atoms with Gasteiger partial charge in [0.1, 0.15) is 11.0 Å². The Bertz CT molecular complexity index is 1520. The molecule has 4 rings (SSSR count). The highest BCUT2D eigenvalue weighted by atomic mass is 35.5. The second-order valence-corrected chi connectivity index (χ2v) is 11.6. The van der Waals surface area contributed by atoms with Gasteiger partial charge in [-0.1, -0.05) is 70.8 Å². The van der Waals surface area contributed by atoms with Crippen LogP contribution in [-0.2, 0) is 18.6 Å². The van der Waals surface area contributed by atoms with Gasteiger partial charge in [-0.05, 0) is 65.9 Å². The van der Waals surface area contributed by atoms with Gasteiger partial charge in [0.25, 0.3) is 5.91 Å². The normalized spacial score (nSPS) is 10.8. The molecule has 0 aliphatic rings. The van der Waals surface area contributed by atoms with Crippen molar-refractivity contribution in [3.8, 4) is 11.5 Å². The molecule has 220 valence electrons. The molecule has 7 nitrogen and oxygen atoms in total. The zero-order valence-corrected chi connectivity index (χ0v) is 26.6. The molecule has 1 N–H and O–H groups in total. The number of hydrogen-bond acceptors (Lipinski definition) is 7. The number of carbonyl (C=O) groups excluding carboxylic acids is 1. The van der Waals surface area contributed by atoms with E-state index in [1.807, 2.05) is 60.5 Å². The highest BCUT2D eigenvalue weighted by Crippen LogP contribution is 2.28. The maximum atomic E-state index is 12.6. The molecular weight excluding hydrogens is 615 g/mol. The number of amides is 1. The molecule has 0 unspecified atom stereocenters. The van der Waals surface area contributed by atoms with Crippen LogP contribution in [0.25, 0.3) is 0 Å². The van der Waals surface area contributed by atoms with Gasteiger partial charge in [0.05, 0.1) is 14.2 Å². The summed E-state index contributed by atoms with van der Waals surface area (Å²) in [6.45, 7) is 1.19. The van der Waals surface area contributed by atoms with Gasteiger partial charge in [-0.3, -0.25) is 4.79 Å². The number of halogens is 3. The van der Waals surface area contributed by atoms with E-state index in [2.05, 4.69) is 10.3 Å². The van der Waals surface area contributed by atoms with Gasteiger partial charge in [-0.25, -0.2) is 9.97 Å². The van der Waals surface area contributed by atoms with Gasteiger partial charge >= 0.3 is 0 Å². The van der Waals surface area contributed by atoms with Crippen LogP contribution >= 0.6 is 46.6 Å². The minimum atomic E-state index is -0.141. The highest BCUT2D eigenvalue weighted by Gasteiger charge is 2.12. The van der Waals surface area contributed by atoms with E-state index < -0.39 is 0 Å². The van der Waals surface area contributed by atoms with E-state index in [4.69, 9.17) is 49.3 Å². The Hall–Kier alpha value is -3.17. The van der Waals surface area contributed by atoms with E-state index >= 15 is 0 Å². The predicted octanol–water partition coefficient (Wildman–Crippen LogP) is 7.40. The highest BCUT2D eigenvalue weighted by molar-refractivity contribution is 7.98. The fourth-order valence-electron chi connectivity index (χ4n) is 4.13. The van der Waals surface area contributed by atoms with E-state index in [1.165, 1.54) is 11.8 Å². The monoisotopic (exact) mass is 644 g/mol. The molecule has 0 atom stereocenters. The molecule has 42 heavy (non-hydrogen) atoms. The number of ether oxygens (including phenoxy) is 2. The smallest absolute Gasteiger partial charge is 0.251 e. The fourth-order valence-corrected chi connectivity index (χ4v) is 5.67. The summed E-state index contributed by atoms with van der Waals surface area (Å²) in [5.41, 5.74) is 3.68. The molecule has 0 bridgehead atoms. The van der Waals surface area contributed by atoms with Crippen molar-refractivity contribution in [3.05, 3.63) is 104 Å². The van der Waals surface area contributed by atoms with Crippen LogP contribution in [-0.4, -0.2) is 50.2 Å². The first-order valence-electron chi connectivity index (χ1n) is 13.2. The lowest BCUT2D eigenvalue weighted by Crippen LogP contribution is -2.25. The lowest BCUT2D eigenvalue weighted by atomic mass is 10.1. The Kier molecular flexibility index (Phi) is 11.6. The number of hydrogen-bond donors (Lipinski definition) is 1. The second-order valence-electron chi connectivity index (χ2n) is 9.42. The predicted molar refractivity (Wildman–Crippen MR) is 172 cm³/mol. The summed E-state index contributed by atoms with van der Waals surface area (Å²) in [6.07, 6.45) is 1.40. The SMILES string of the molecule is COc1ccc(CCN(C)c2cc(Cl)nc(SCc3ccc(C(=O)NCCc4ccc(Cl)cc4Cl)cc3)n2)cc1OC. The van der Waals surface area contributed by atoms with Crippen LogP contribution < -0.4 is 19.7 Å². The van der Waals surface area contributed by atoms with Crippen molar-refractivity contribution in [1.82, 2.24) is 15.3 Å². The molecule has 0 radical (unpaired) electrons. The summed E-state index contributed by atoms with van der Waals surface area (Å²) in [7, 11) is 5.22. The van der Waals surface area contributed by atoms with Crippen LogP contribution in [0.5, 0.6) is 11.5 Å². The topological polar surface area (TPSA) is 76.6 Å². The number of benzene rings is 3. The molecule has 11 heteroatoms. The van der Waals surface area contributed by atoms with Gasteiger partial charge in [0.15, 0.2) is 16.7 Å². The van der Waals surface area contributed by atoms with Crippen LogP contribution in [0.4, 0.5) is 5.82 Å². The maximum absolute atomic E-state index is 12.6. The maximum Gasteiger partial charge on any atom is 0.251 e. The fraction of sp³-hybridized carbons (Fsp3) is 0.258. The van der Waals surface area contributed by atoms with Gasteiger partial charge in [0.2, 0.25) is 0 Å². The van der Waals surface area contributed by atoms with Crippen LogP contribution in [0.1, 0.15) is 27.0 Å². The molecule has 1 aromatic heterocycles. The van der Waals surface area contributed by atoms with Gasteiger partial charge in [0, 0.05) is 47.6 Å². The summed E-state index contributed by atoms with van der Waals surface area (Å²) in [5, 5.41) is 5.08. The van der Waals surface area contributed by atoms with Gasteiger partial charge < -0.3 is 19.7 Å². The molecule has 0 aliphatic carbocycles. The number of anilines is 1. The third-order valence-electron chi connectivity index (χ3n) is 6.51. The molecule has 0 saturated carbocycles. The molecule has 0 aliphatic heterocycles. The molecule has 4 aromatic rings. The van der Waals surface area contributed by atoms with E-state index in [0.29, 0.717) is 56.1 Å². The number of aromatic nitrogens is 2. The number of nitrogens with zero attached hydrogens (tertiary/aromatic N) is 3.